The highest BCUT2D eigenvalue weighted by Crippen LogP contribution is 2.55. The van der Waals surface area contributed by atoms with Gasteiger partial charge in [-0.2, -0.15) is 0 Å². The summed E-state index contributed by atoms with van der Waals surface area (Å²) in [6.45, 7) is 15.6. The highest BCUT2D eigenvalue weighted by molar-refractivity contribution is 6.10. The van der Waals surface area contributed by atoms with E-state index in [0.29, 0.717) is 12.5 Å². The summed E-state index contributed by atoms with van der Waals surface area (Å²) in [5.74, 6) is 1.30. The van der Waals surface area contributed by atoms with E-state index in [1.165, 1.54) is 30.4 Å². The lowest BCUT2D eigenvalue weighted by Gasteiger charge is -2.32. The molecule has 0 fully saturated rings. The number of nitrogens with zero attached hydrogens (tertiary/aromatic N) is 1. The number of unbranched alkanes of at least 4 members (excludes halogenated alkanes) is 1. The van der Waals surface area contributed by atoms with Crippen molar-refractivity contribution in [2.24, 2.45) is 5.92 Å². The third-order valence-electron chi connectivity index (χ3n) is 8.36. The third-order valence-corrected chi connectivity index (χ3v) is 8.36. The van der Waals surface area contributed by atoms with Crippen molar-refractivity contribution in [1.82, 2.24) is 0 Å². The molecule has 0 radical (unpaired) electrons. The van der Waals surface area contributed by atoms with Gasteiger partial charge >= 0.3 is 0 Å². The molecule has 0 bridgehead atoms. The van der Waals surface area contributed by atoms with Gasteiger partial charge in [-0.05, 0) is 65.6 Å². The Kier molecular flexibility index (Phi) is 9.20. The van der Waals surface area contributed by atoms with Gasteiger partial charge in [0, 0.05) is 29.0 Å². The van der Waals surface area contributed by atoms with Gasteiger partial charge in [0.2, 0.25) is 0 Å². The number of benzene rings is 2. The summed E-state index contributed by atoms with van der Waals surface area (Å²) in [5, 5.41) is 11.7. The van der Waals surface area contributed by atoms with Gasteiger partial charge in [0.05, 0.1) is 11.0 Å². The second-order valence-electron chi connectivity index (χ2n) is 10.9. The highest BCUT2D eigenvalue weighted by Gasteiger charge is 2.42. The van der Waals surface area contributed by atoms with Crippen LogP contribution in [0.25, 0.3) is 16.7 Å². The Balaban J connectivity index is 1.76. The Labute approximate surface area is 233 Å². The van der Waals surface area contributed by atoms with Crippen molar-refractivity contribution in [3.63, 3.8) is 0 Å². The van der Waals surface area contributed by atoms with Crippen molar-refractivity contribution in [3.8, 4) is 11.1 Å². The molecule has 0 aromatic heterocycles. The number of nitro groups is 1. The number of non-ortho nitro benzene ring substituents is 1. The normalized spacial score (nSPS) is 16.9. The first-order valence-corrected chi connectivity index (χ1v) is 14.6. The number of nitro benzene ring substituents is 1. The summed E-state index contributed by atoms with van der Waals surface area (Å²) >= 11 is 0. The molecule has 4 rings (SSSR count). The molecule has 0 saturated heterocycles. The Morgan fingerprint density at radius 2 is 1.72 bits per heavy atom. The van der Waals surface area contributed by atoms with E-state index in [9.17, 15) is 10.1 Å². The molecule has 2 aromatic rings. The van der Waals surface area contributed by atoms with Crippen molar-refractivity contribution in [3.05, 3.63) is 99.3 Å². The molecule has 2 aliphatic carbocycles. The van der Waals surface area contributed by atoms with E-state index in [2.05, 4.69) is 57.7 Å². The third kappa shape index (κ3) is 5.63. The highest BCUT2D eigenvalue weighted by atomic mass is 16.6. The number of rotatable bonds is 13. The average Bonchev–Trinajstić information content (AvgIpc) is 3.21. The fourth-order valence-electron chi connectivity index (χ4n) is 6.30. The number of ketones is 1. The van der Waals surface area contributed by atoms with Crippen LogP contribution in [-0.4, -0.2) is 17.3 Å². The molecule has 0 spiro atoms. The smallest absolute Gasteiger partial charge is 0.282 e. The van der Waals surface area contributed by atoms with Gasteiger partial charge < -0.3 is 0 Å². The molecule has 0 aliphatic heterocycles. The van der Waals surface area contributed by atoms with Crippen LogP contribution in [0.5, 0.6) is 0 Å². The number of fused-ring (bicyclic) bond motifs is 3. The van der Waals surface area contributed by atoms with Crippen LogP contribution in [0, 0.1) is 22.6 Å². The van der Waals surface area contributed by atoms with Crippen LogP contribution in [0.1, 0.15) is 95.8 Å². The quantitative estimate of drug-likeness (QED) is 0.0863. The Bertz CT molecular complexity index is 1360. The van der Waals surface area contributed by atoms with Crippen molar-refractivity contribution in [2.75, 3.05) is 6.61 Å². The van der Waals surface area contributed by atoms with Gasteiger partial charge in [-0.25, -0.2) is 6.08 Å². The summed E-state index contributed by atoms with van der Waals surface area (Å²) in [5.41, 5.74) is 10.9. The standard InChI is InChI=1S/C35H41NO3/c1-6-11-12-25(9-4)24-39-34-18-14-27(21-26(34)10-5)28-13-16-30-31-17-15-29(36(37)38)23-33(31)35(19-7-2,20-8-3)32(30)22-28/h5,10,13,15-18,21-23,25H,6-9,11-12,19-20,24H2,1-4H3. The molecule has 39 heavy (non-hydrogen) atoms. The first-order chi connectivity index (χ1) is 18.9. The second-order valence-corrected chi connectivity index (χ2v) is 10.9. The molecular weight excluding hydrogens is 482 g/mol. The Morgan fingerprint density at radius 1 is 1.03 bits per heavy atom. The molecule has 2 aliphatic rings. The summed E-state index contributed by atoms with van der Waals surface area (Å²) in [4.78, 5) is 11.4. The molecular formula is C35H41NO3. The van der Waals surface area contributed by atoms with E-state index in [0.717, 1.165) is 65.7 Å². The van der Waals surface area contributed by atoms with Crippen molar-refractivity contribution in [1.29, 1.82) is 0 Å². The van der Waals surface area contributed by atoms with Gasteiger partial charge in [-0.3, -0.25) is 21.1 Å². The molecule has 0 amide bonds. The number of hydrogen-bond donors (Lipinski definition) is 0. The predicted octanol–water partition coefficient (Wildman–Crippen LogP) is 9.25. The fraction of sp³-hybridized carbons (Fsp3) is 0.429. The first-order valence-electron chi connectivity index (χ1n) is 14.6. The molecule has 2 aromatic carbocycles. The molecule has 0 N–H and O–H groups in total. The van der Waals surface area contributed by atoms with E-state index >= 15 is 0 Å². The SMILES string of the molecule is [CH-]=CC1=CC(c2ccc3c(c2)C(CCC)(CCC)c2cc([N+](=O)[O-])ccc2-3)=C=CC1=[O+]CC(CC)CCCC. The monoisotopic (exact) mass is 523 g/mol. The molecule has 204 valence electrons. The molecule has 0 heterocycles. The minimum atomic E-state index is -0.284. The van der Waals surface area contributed by atoms with Gasteiger partial charge in [0.1, 0.15) is 0 Å². The van der Waals surface area contributed by atoms with E-state index in [1.807, 2.05) is 18.2 Å². The summed E-state index contributed by atoms with van der Waals surface area (Å²) in [7, 11) is 0. The van der Waals surface area contributed by atoms with E-state index in [4.69, 9.17) is 11.0 Å². The lowest BCUT2D eigenvalue weighted by molar-refractivity contribution is -0.465. The molecule has 1 unspecified atom stereocenters. The minimum Gasteiger partial charge on any atom is -0.292 e. The number of carbonyl (C=O) groups excluding carboxylic acids is 1. The first kappa shape index (κ1) is 28.5. The lowest BCUT2D eigenvalue weighted by atomic mass is 9.71. The van der Waals surface area contributed by atoms with E-state index in [-0.39, 0.29) is 16.0 Å². The van der Waals surface area contributed by atoms with Gasteiger partial charge in [0.15, 0.2) is 0 Å². The maximum absolute atomic E-state index is 11.7. The maximum Gasteiger partial charge on any atom is 0.282 e. The van der Waals surface area contributed by atoms with Crippen LogP contribution >= 0.6 is 0 Å². The van der Waals surface area contributed by atoms with Gasteiger partial charge in [-0.15, -0.1) is 11.8 Å². The predicted molar refractivity (Wildman–Crippen MR) is 161 cm³/mol. The average molecular weight is 524 g/mol. The Morgan fingerprint density at radius 3 is 2.33 bits per heavy atom. The zero-order valence-corrected chi connectivity index (χ0v) is 23.9. The van der Waals surface area contributed by atoms with Gasteiger partial charge in [0.25, 0.3) is 18.1 Å². The molecule has 0 saturated carbocycles. The van der Waals surface area contributed by atoms with Gasteiger partial charge in [-0.1, -0.05) is 71.1 Å². The largest absolute Gasteiger partial charge is 0.292 e. The van der Waals surface area contributed by atoms with E-state index < -0.39 is 0 Å². The topological polar surface area (TPSA) is 54.4 Å². The number of allylic oxidation sites excluding steroid dienone is 4. The molecule has 4 nitrogen and oxygen atoms in total. The van der Waals surface area contributed by atoms with Crippen molar-refractivity contribution in [2.45, 2.75) is 84.5 Å². The summed E-state index contributed by atoms with van der Waals surface area (Å²) < 4.78 is 6.22. The minimum absolute atomic E-state index is 0.158. The zero-order chi connectivity index (χ0) is 28.0. The van der Waals surface area contributed by atoms with Crippen LogP contribution in [0.15, 0.2) is 65.9 Å². The van der Waals surface area contributed by atoms with Crippen LogP contribution in [0.2, 0.25) is 0 Å². The number of hydrogen-bond acceptors (Lipinski definition) is 2. The lowest BCUT2D eigenvalue weighted by Crippen LogP contribution is -2.25. The van der Waals surface area contributed by atoms with Crippen LogP contribution < -0.4 is 0 Å². The van der Waals surface area contributed by atoms with E-state index in [1.54, 1.807) is 12.1 Å². The van der Waals surface area contributed by atoms with Crippen molar-refractivity contribution < 1.29 is 9.35 Å². The van der Waals surface area contributed by atoms with Crippen LogP contribution in [0.4, 0.5) is 5.69 Å². The molecule has 1 atom stereocenters. The maximum atomic E-state index is 11.7. The summed E-state index contributed by atoms with van der Waals surface area (Å²) in [6, 6.07) is 11.9. The zero-order valence-electron chi connectivity index (χ0n) is 23.9. The van der Waals surface area contributed by atoms with Crippen LogP contribution in [0.3, 0.4) is 0 Å². The van der Waals surface area contributed by atoms with Crippen molar-refractivity contribution >= 4 is 17.0 Å². The summed E-state index contributed by atoms with van der Waals surface area (Å²) in [6.07, 6.45) is 14.1. The fourth-order valence-corrected chi connectivity index (χ4v) is 6.30. The molecule has 4 heteroatoms. The second kappa shape index (κ2) is 12.6. The Hall–Kier alpha value is -3.49. The van der Waals surface area contributed by atoms with Crippen LogP contribution in [-0.2, 0) is 9.84 Å².